The van der Waals surface area contributed by atoms with E-state index in [4.69, 9.17) is 27.5 Å². The summed E-state index contributed by atoms with van der Waals surface area (Å²) in [4.78, 5) is 0. The summed E-state index contributed by atoms with van der Waals surface area (Å²) in [6.07, 6.45) is 0. The molecule has 0 unspecified atom stereocenters. The lowest BCUT2D eigenvalue weighted by Crippen LogP contribution is -2.12. The standard InChI is InChI=1S/C14H11BrClFN2O/c15-10-3-4-13(11(16)6-10)20-7-9-2-1-8(14(18)19)5-12(9)17/h1-6H,7H2,(H3,18,19). The van der Waals surface area contributed by atoms with Crippen LogP contribution in [0.5, 0.6) is 5.75 Å². The molecule has 0 aromatic heterocycles. The van der Waals surface area contributed by atoms with Gasteiger partial charge in [-0.15, -0.1) is 0 Å². The zero-order chi connectivity index (χ0) is 14.7. The van der Waals surface area contributed by atoms with Crippen LogP contribution >= 0.6 is 27.5 Å². The zero-order valence-electron chi connectivity index (χ0n) is 10.3. The second-order valence-electron chi connectivity index (χ2n) is 4.08. The van der Waals surface area contributed by atoms with Crippen molar-refractivity contribution in [1.82, 2.24) is 0 Å². The Bertz CT molecular complexity index is 664. The van der Waals surface area contributed by atoms with Crippen LogP contribution in [0.25, 0.3) is 0 Å². The number of benzene rings is 2. The van der Waals surface area contributed by atoms with Crippen molar-refractivity contribution in [2.45, 2.75) is 6.61 Å². The molecular weight excluding hydrogens is 347 g/mol. The van der Waals surface area contributed by atoms with Gasteiger partial charge in [0.25, 0.3) is 0 Å². The Hall–Kier alpha value is -1.59. The van der Waals surface area contributed by atoms with Crippen molar-refractivity contribution < 1.29 is 9.13 Å². The third kappa shape index (κ3) is 3.49. The Morgan fingerprint density at radius 1 is 1.30 bits per heavy atom. The topological polar surface area (TPSA) is 59.1 Å². The van der Waals surface area contributed by atoms with Gasteiger partial charge in [0, 0.05) is 15.6 Å². The highest BCUT2D eigenvalue weighted by molar-refractivity contribution is 9.10. The molecule has 2 rings (SSSR count). The van der Waals surface area contributed by atoms with Crippen molar-refractivity contribution in [2.24, 2.45) is 5.73 Å². The Morgan fingerprint density at radius 3 is 2.65 bits per heavy atom. The van der Waals surface area contributed by atoms with E-state index in [0.29, 0.717) is 21.9 Å². The molecule has 2 aromatic rings. The Kier molecular flexibility index (Phi) is 4.62. The van der Waals surface area contributed by atoms with Gasteiger partial charge in [-0.05, 0) is 24.3 Å². The van der Waals surface area contributed by atoms with Crippen LogP contribution in [0.3, 0.4) is 0 Å². The first-order chi connectivity index (χ1) is 9.47. The molecule has 0 fully saturated rings. The molecule has 104 valence electrons. The molecule has 20 heavy (non-hydrogen) atoms. The summed E-state index contributed by atoms with van der Waals surface area (Å²) in [6.45, 7) is 0.0470. The monoisotopic (exact) mass is 356 g/mol. The highest BCUT2D eigenvalue weighted by Gasteiger charge is 2.08. The summed E-state index contributed by atoms with van der Waals surface area (Å²) in [5.41, 5.74) is 6.01. The fourth-order valence-corrected chi connectivity index (χ4v) is 2.31. The van der Waals surface area contributed by atoms with Gasteiger partial charge < -0.3 is 10.5 Å². The van der Waals surface area contributed by atoms with E-state index in [9.17, 15) is 4.39 Å². The second-order valence-corrected chi connectivity index (χ2v) is 5.41. The van der Waals surface area contributed by atoms with Crippen molar-refractivity contribution in [3.05, 3.63) is 62.8 Å². The molecule has 0 spiro atoms. The summed E-state index contributed by atoms with van der Waals surface area (Å²) < 4.78 is 20.1. The zero-order valence-corrected chi connectivity index (χ0v) is 12.6. The van der Waals surface area contributed by atoms with Gasteiger partial charge in [0.15, 0.2) is 0 Å². The van der Waals surface area contributed by atoms with Crippen LogP contribution in [-0.2, 0) is 6.61 Å². The third-order valence-corrected chi connectivity index (χ3v) is 3.43. The van der Waals surface area contributed by atoms with Gasteiger partial charge in [0.05, 0.1) is 5.02 Å². The van der Waals surface area contributed by atoms with E-state index >= 15 is 0 Å². The molecule has 6 heteroatoms. The molecule has 0 radical (unpaired) electrons. The minimum absolute atomic E-state index is 0.0470. The first kappa shape index (κ1) is 14.8. The molecular formula is C14H11BrClFN2O. The fourth-order valence-electron chi connectivity index (χ4n) is 1.58. The average molecular weight is 358 g/mol. The molecule has 0 amide bonds. The predicted molar refractivity (Wildman–Crippen MR) is 80.9 cm³/mol. The van der Waals surface area contributed by atoms with Gasteiger partial charge in [-0.3, -0.25) is 5.41 Å². The summed E-state index contributed by atoms with van der Waals surface area (Å²) >= 11 is 9.30. The molecule has 3 N–H and O–H groups in total. The number of nitrogens with two attached hydrogens (primary N) is 1. The van der Waals surface area contributed by atoms with Gasteiger partial charge in [0.2, 0.25) is 0 Å². The largest absolute Gasteiger partial charge is 0.487 e. The van der Waals surface area contributed by atoms with Crippen LogP contribution in [0.15, 0.2) is 40.9 Å². The van der Waals surface area contributed by atoms with E-state index in [-0.39, 0.29) is 12.4 Å². The number of halogens is 3. The average Bonchev–Trinajstić information content (AvgIpc) is 2.38. The van der Waals surface area contributed by atoms with Crippen molar-refractivity contribution in [3.63, 3.8) is 0 Å². The highest BCUT2D eigenvalue weighted by Crippen LogP contribution is 2.28. The molecule has 0 saturated heterocycles. The highest BCUT2D eigenvalue weighted by atomic mass is 79.9. The molecule has 0 saturated carbocycles. The lowest BCUT2D eigenvalue weighted by Gasteiger charge is -2.10. The summed E-state index contributed by atoms with van der Waals surface area (Å²) in [5, 5.41) is 7.69. The van der Waals surface area contributed by atoms with Gasteiger partial charge in [-0.2, -0.15) is 0 Å². The van der Waals surface area contributed by atoms with Gasteiger partial charge in [-0.25, -0.2) is 4.39 Å². The SMILES string of the molecule is N=C(N)c1ccc(COc2ccc(Br)cc2Cl)c(F)c1. The number of ether oxygens (including phenoxy) is 1. The molecule has 0 atom stereocenters. The number of hydrogen-bond acceptors (Lipinski definition) is 2. The molecule has 0 aliphatic heterocycles. The Balaban J connectivity index is 2.13. The van der Waals surface area contributed by atoms with Gasteiger partial charge in [0.1, 0.15) is 24.0 Å². The normalized spacial score (nSPS) is 10.3. The van der Waals surface area contributed by atoms with Crippen LogP contribution in [0.4, 0.5) is 4.39 Å². The van der Waals surface area contributed by atoms with Crippen molar-refractivity contribution >= 4 is 33.4 Å². The number of rotatable bonds is 4. The van der Waals surface area contributed by atoms with Crippen LogP contribution in [0.1, 0.15) is 11.1 Å². The lowest BCUT2D eigenvalue weighted by atomic mass is 10.1. The summed E-state index contributed by atoms with van der Waals surface area (Å²) in [7, 11) is 0. The van der Waals surface area contributed by atoms with E-state index < -0.39 is 5.82 Å². The van der Waals surface area contributed by atoms with Crippen molar-refractivity contribution in [2.75, 3.05) is 0 Å². The Labute approximate surface area is 129 Å². The van der Waals surface area contributed by atoms with E-state index in [1.165, 1.54) is 6.07 Å². The number of nitrogens with one attached hydrogen (secondary N) is 1. The van der Waals surface area contributed by atoms with Crippen LogP contribution in [0.2, 0.25) is 5.02 Å². The summed E-state index contributed by atoms with van der Waals surface area (Å²) in [6, 6.07) is 9.52. The van der Waals surface area contributed by atoms with E-state index in [0.717, 1.165) is 4.47 Å². The first-order valence-corrected chi connectivity index (χ1v) is 6.85. The number of hydrogen-bond donors (Lipinski definition) is 2. The second kappa shape index (κ2) is 6.24. The van der Waals surface area contributed by atoms with Crippen LogP contribution in [0, 0.1) is 11.2 Å². The number of amidine groups is 1. The summed E-state index contributed by atoms with van der Waals surface area (Å²) in [5.74, 6) is -0.164. The maximum Gasteiger partial charge on any atom is 0.138 e. The molecule has 0 aliphatic carbocycles. The molecule has 0 bridgehead atoms. The Morgan fingerprint density at radius 2 is 2.05 bits per heavy atom. The maximum atomic E-state index is 13.8. The van der Waals surface area contributed by atoms with E-state index in [1.807, 2.05) is 0 Å². The first-order valence-electron chi connectivity index (χ1n) is 5.68. The smallest absolute Gasteiger partial charge is 0.138 e. The third-order valence-electron chi connectivity index (χ3n) is 2.64. The molecule has 0 aliphatic rings. The lowest BCUT2D eigenvalue weighted by molar-refractivity contribution is 0.300. The van der Waals surface area contributed by atoms with Crippen LogP contribution < -0.4 is 10.5 Å². The van der Waals surface area contributed by atoms with Crippen LogP contribution in [-0.4, -0.2) is 5.84 Å². The number of nitrogen functional groups attached to an aromatic ring is 1. The van der Waals surface area contributed by atoms with Crippen molar-refractivity contribution in [3.8, 4) is 5.75 Å². The van der Waals surface area contributed by atoms with E-state index in [2.05, 4.69) is 15.9 Å². The van der Waals surface area contributed by atoms with Gasteiger partial charge in [-0.1, -0.05) is 39.7 Å². The molecule has 2 aromatic carbocycles. The molecule has 3 nitrogen and oxygen atoms in total. The van der Waals surface area contributed by atoms with Crippen molar-refractivity contribution in [1.29, 1.82) is 5.41 Å². The molecule has 0 heterocycles. The van der Waals surface area contributed by atoms with E-state index in [1.54, 1.807) is 30.3 Å². The fraction of sp³-hybridized carbons (Fsp3) is 0.0714. The predicted octanol–water partition coefficient (Wildman–Crippen LogP) is 4.10. The van der Waals surface area contributed by atoms with Gasteiger partial charge >= 0.3 is 0 Å². The minimum atomic E-state index is -0.467. The maximum absolute atomic E-state index is 13.8. The minimum Gasteiger partial charge on any atom is -0.487 e. The quantitative estimate of drug-likeness (QED) is 0.639.